The summed E-state index contributed by atoms with van der Waals surface area (Å²) in [5.41, 5.74) is 2.07. The number of carbonyl (C=O) groups excluding carboxylic acids is 1. The first-order chi connectivity index (χ1) is 7.58. The molecular formula is C12H12N2O2. The van der Waals surface area contributed by atoms with Crippen molar-refractivity contribution in [2.75, 3.05) is 0 Å². The molecule has 1 aromatic heterocycles. The van der Waals surface area contributed by atoms with Crippen LogP contribution in [0, 0.1) is 0 Å². The van der Waals surface area contributed by atoms with Gasteiger partial charge in [-0.15, -0.1) is 0 Å². The Labute approximate surface area is 93.1 Å². The van der Waals surface area contributed by atoms with E-state index in [1.54, 1.807) is 36.0 Å². The SMILES string of the molecule is CC(=O)c1cc(-c2cccc(O)c2)n(C)n1. The van der Waals surface area contributed by atoms with Crippen molar-refractivity contribution < 1.29 is 9.90 Å². The Bertz CT molecular complexity index is 544. The second-order valence-corrected chi connectivity index (χ2v) is 3.64. The molecule has 0 amide bonds. The first-order valence-corrected chi connectivity index (χ1v) is 4.92. The Morgan fingerprint density at radius 1 is 1.38 bits per heavy atom. The van der Waals surface area contributed by atoms with Gasteiger partial charge in [-0.3, -0.25) is 9.48 Å². The fraction of sp³-hybridized carbons (Fsp3) is 0.167. The van der Waals surface area contributed by atoms with Crippen LogP contribution in [-0.2, 0) is 7.05 Å². The van der Waals surface area contributed by atoms with E-state index < -0.39 is 0 Å². The predicted octanol–water partition coefficient (Wildman–Crippen LogP) is 2.00. The Kier molecular flexibility index (Phi) is 2.48. The summed E-state index contributed by atoms with van der Waals surface area (Å²) in [5, 5.41) is 13.5. The minimum atomic E-state index is -0.0676. The molecule has 0 bridgehead atoms. The van der Waals surface area contributed by atoms with Crippen molar-refractivity contribution >= 4 is 5.78 Å². The van der Waals surface area contributed by atoms with Crippen LogP contribution < -0.4 is 0 Å². The lowest BCUT2D eigenvalue weighted by Crippen LogP contribution is -1.96. The van der Waals surface area contributed by atoms with E-state index in [0.29, 0.717) is 5.69 Å². The average molecular weight is 216 g/mol. The number of aromatic hydroxyl groups is 1. The fourth-order valence-corrected chi connectivity index (χ4v) is 1.57. The van der Waals surface area contributed by atoms with Crippen molar-refractivity contribution in [1.82, 2.24) is 9.78 Å². The van der Waals surface area contributed by atoms with Crippen molar-refractivity contribution in [2.45, 2.75) is 6.92 Å². The van der Waals surface area contributed by atoms with E-state index in [2.05, 4.69) is 5.10 Å². The number of ketones is 1. The van der Waals surface area contributed by atoms with Crippen molar-refractivity contribution in [1.29, 1.82) is 0 Å². The minimum Gasteiger partial charge on any atom is -0.508 e. The van der Waals surface area contributed by atoms with Gasteiger partial charge in [0.15, 0.2) is 5.78 Å². The standard InChI is InChI=1S/C12H12N2O2/c1-8(15)11-7-12(14(2)13-11)9-4-3-5-10(16)6-9/h3-7,16H,1-2H3. The lowest BCUT2D eigenvalue weighted by Gasteiger charge is -2.01. The van der Waals surface area contributed by atoms with Gasteiger partial charge >= 0.3 is 0 Å². The van der Waals surface area contributed by atoms with Crippen LogP contribution in [0.25, 0.3) is 11.3 Å². The summed E-state index contributed by atoms with van der Waals surface area (Å²) < 4.78 is 1.63. The lowest BCUT2D eigenvalue weighted by molar-refractivity contribution is 0.101. The summed E-state index contributed by atoms with van der Waals surface area (Å²) in [7, 11) is 1.77. The molecule has 0 unspecified atom stereocenters. The van der Waals surface area contributed by atoms with Crippen LogP contribution in [-0.4, -0.2) is 20.7 Å². The maximum atomic E-state index is 11.2. The molecule has 0 aliphatic heterocycles. The number of aryl methyl sites for hydroxylation is 1. The molecule has 2 rings (SSSR count). The Hall–Kier alpha value is -2.10. The summed E-state index contributed by atoms with van der Waals surface area (Å²) in [4.78, 5) is 11.2. The molecule has 4 nitrogen and oxygen atoms in total. The van der Waals surface area contributed by atoms with E-state index >= 15 is 0 Å². The van der Waals surface area contributed by atoms with Crippen molar-refractivity contribution in [3.63, 3.8) is 0 Å². The number of benzene rings is 1. The number of aromatic nitrogens is 2. The highest BCUT2D eigenvalue weighted by atomic mass is 16.3. The lowest BCUT2D eigenvalue weighted by atomic mass is 10.1. The molecule has 0 atom stereocenters. The molecule has 16 heavy (non-hydrogen) atoms. The molecule has 1 heterocycles. The van der Waals surface area contributed by atoms with Gasteiger partial charge in [-0.2, -0.15) is 5.10 Å². The first kappa shape index (κ1) is 10.4. The summed E-state index contributed by atoms with van der Waals surface area (Å²) in [6.45, 7) is 1.48. The number of carbonyl (C=O) groups is 1. The van der Waals surface area contributed by atoms with Crippen LogP contribution in [0.5, 0.6) is 5.75 Å². The minimum absolute atomic E-state index is 0.0676. The molecule has 0 saturated carbocycles. The number of hydrogen-bond donors (Lipinski definition) is 1. The van der Waals surface area contributed by atoms with E-state index in [1.807, 2.05) is 6.07 Å². The molecule has 0 spiro atoms. The monoisotopic (exact) mass is 216 g/mol. The zero-order valence-corrected chi connectivity index (χ0v) is 9.14. The average Bonchev–Trinajstić information content (AvgIpc) is 2.60. The van der Waals surface area contributed by atoms with E-state index in [9.17, 15) is 9.90 Å². The van der Waals surface area contributed by atoms with Crippen molar-refractivity contribution in [2.24, 2.45) is 7.05 Å². The summed E-state index contributed by atoms with van der Waals surface area (Å²) >= 11 is 0. The molecule has 0 aliphatic rings. The van der Waals surface area contributed by atoms with E-state index in [-0.39, 0.29) is 11.5 Å². The highest BCUT2D eigenvalue weighted by molar-refractivity contribution is 5.93. The molecule has 0 radical (unpaired) electrons. The third kappa shape index (κ3) is 1.82. The van der Waals surface area contributed by atoms with Crippen molar-refractivity contribution in [3.8, 4) is 17.0 Å². The summed E-state index contributed by atoms with van der Waals surface area (Å²) in [5.74, 6) is 0.130. The predicted molar refractivity (Wildman–Crippen MR) is 60.3 cm³/mol. The third-order valence-electron chi connectivity index (χ3n) is 2.38. The van der Waals surface area contributed by atoms with Crippen LogP contribution in [0.3, 0.4) is 0 Å². The summed E-state index contributed by atoms with van der Waals surface area (Å²) in [6, 6.07) is 8.58. The zero-order valence-electron chi connectivity index (χ0n) is 9.14. The van der Waals surface area contributed by atoms with Gasteiger partial charge in [0.25, 0.3) is 0 Å². The number of Topliss-reactive ketones (excluding diaryl/α,β-unsaturated/α-hetero) is 1. The second kappa shape index (κ2) is 3.81. The second-order valence-electron chi connectivity index (χ2n) is 3.64. The van der Waals surface area contributed by atoms with Gasteiger partial charge in [-0.05, 0) is 18.2 Å². The fourth-order valence-electron chi connectivity index (χ4n) is 1.57. The topological polar surface area (TPSA) is 55.1 Å². The third-order valence-corrected chi connectivity index (χ3v) is 2.38. The van der Waals surface area contributed by atoms with Crippen LogP contribution in [0.15, 0.2) is 30.3 Å². The molecule has 4 heteroatoms. The molecule has 0 fully saturated rings. The molecule has 0 saturated heterocycles. The normalized spacial score (nSPS) is 10.4. The van der Waals surface area contributed by atoms with Gasteiger partial charge in [0.1, 0.15) is 11.4 Å². The van der Waals surface area contributed by atoms with Crippen molar-refractivity contribution in [3.05, 3.63) is 36.0 Å². The van der Waals surface area contributed by atoms with Crippen LogP contribution in [0.4, 0.5) is 0 Å². The molecule has 1 N–H and O–H groups in total. The summed E-state index contributed by atoms with van der Waals surface area (Å²) in [6.07, 6.45) is 0. The highest BCUT2D eigenvalue weighted by Crippen LogP contribution is 2.23. The number of phenols is 1. The molecule has 2 aromatic rings. The van der Waals surface area contributed by atoms with Crippen LogP contribution in [0.2, 0.25) is 0 Å². The number of rotatable bonds is 2. The molecular weight excluding hydrogens is 204 g/mol. The maximum Gasteiger partial charge on any atom is 0.180 e. The zero-order chi connectivity index (χ0) is 11.7. The van der Waals surface area contributed by atoms with E-state index in [1.165, 1.54) is 6.92 Å². The van der Waals surface area contributed by atoms with Gasteiger partial charge in [0, 0.05) is 19.5 Å². The van der Waals surface area contributed by atoms with Gasteiger partial charge in [-0.1, -0.05) is 12.1 Å². The van der Waals surface area contributed by atoms with Crippen LogP contribution in [0.1, 0.15) is 17.4 Å². The first-order valence-electron chi connectivity index (χ1n) is 4.92. The quantitative estimate of drug-likeness (QED) is 0.781. The largest absolute Gasteiger partial charge is 0.508 e. The number of hydrogen-bond acceptors (Lipinski definition) is 3. The highest BCUT2D eigenvalue weighted by Gasteiger charge is 2.10. The maximum absolute atomic E-state index is 11.2. The molecule has 0 aliphatic carbocycles. The number of phenolic OH excluding ortho intramolecular Hbond substituents is 1. The van der Waals surface area contributed by atoms with Crippen LogP contribution >= 0.6 is 0 Å². The molecule has 1 aromatic carbocycles. The van der Waals surface area contributed by atoms with E-state index in [0.717, 1.165) is 11.3 Å². The van der Waals surface area contributed by atoms with Gasteiger partial charge in [-0.25, -0.2) is 0 Å². The molecule has 82 valence electrons. The van der Waals surface area contributed by atoms with Gasteiger partial charge < -0.3 is 5.11 Å². The van der Waals surface area contributed by atoms with E-state index in [4.69, 9.17) is 0 Å². The van der Waals surface area contributed by atoms with Gasteiger partial charge in [0.05, 0.1) is 5.69 Å². The Balaban J connectivity index is 2.52. The Morgan fingerprint density at radius 2 is 2.12 bits per heavy atom. The number of nitrogens with zero attached hydrogens (tertiary/aromatic N) is 2. The smallest absolute Gasteiger partial charge is 0.180 e. The Morgan fingerprint density at radius 3 is 2.69 bits per heavy atom. The van der Waals surface area contributed by atoms with Gasteiger partial charge in [0.2, 0.25) is 0 Å².